The number of fused-ring (bicyclic) bond motifs is 1. The third-order valence-corrected chi connectivity index (χ3v) is 3.60. The molecule has 1 aromatic carbocycles. The van der Waals surface area contributed by atoms with Gasteiger partial charge in [0.05, 0.1) is 18.8 Å². The van der Waals surface area contributed by atoms with Crippen molar-refractivity contribution in [1.82, 2.24) is 9.38 Å². The minimum absolute atomic E-state index is 0.780. The van der Waals surface area contributed by atoms with Gasteiger partial charge in [0.1, 0.15) is 5.82 Å². The van der Waals surface area contributed by atoms with Crippen molar-refractivity contribution in [2.45, 2.75) is 6.42 Å². The van der Waals surface area contributed by atoms with Crippen molar-refractivity contribution in [3.8, 4) is 5.88 Å². The van der Waals surface area contributed by atoms with Gasteiger partial charge in [0, 0.05) is 10.9 Å². The largest absolute Gasteiger partial charge is 0.482 e. The number of aromatic nitrogens is 2. The van der Waals surface area contributed by atoms with Crippen LogP contribution in [0.25, 0.3) is 5.52 Å². The predicted octanol–water partition coefficient (Wildman–Crippen LogP) is 3.70. The zero-order valence-electron chi connectivity index (χ0n) is 10.5. The molecule has 0 saturated carbocycles. The fraction of sp³-hybridized carbons (Fsp3) is 0.133. The lowest BCUT2D eigenvalue weighted by atomic mass is 10.1. The Kier molecular flexibility index (Phi) is 3.25. The van der Waals surface area contributed by atoms with Crippen LogP contribution in [0.1, 0.15) is 11.4 Å². The maximum atomic E-state index is 5.40. The minimum atomic E-state index is 0.780. The van der Waals surface area contributed by atoms with Crippen LogP contribution < -0.4 is 4.74 Å². The first kappa shape index (κ1) is 12.2. The summed E-state index contributed by atoms with van der Waals surface area (Å²) in [4.78, 5) is 4.49. The van der Waals surface area contributed by atoms with E-state index in [9.17, 15) is 0 Å². The number of methoxy groups -OCH3 is 1. The fourth-order valence-electron chi connectivity index (χ4n) is 2.15. The summed E-state index contributed by atoms with van der Waals surface area (Å²) in [5, 5.41) is 0. The summed E-state index contributed by atoms with van der Waals surface area (Å²) >= 11 is 3.45. The number of pyridine rings is 1. The standard InChI is InChI=1S/C15H13BrN2O/c1-19-15-4-2-3-13-10-17-14(18(13)15)9-11-5-7-12(16)8-6-11/h2-8,10H,9H2,1H3. The summed E-state index contributed by atoms with van der Waals surface area (Å²) in [6.07, 6.45) is 2.65. The molecule has 0 bridgehead atoms. The average Bonchev–Trinajstić information content (AvgIpc) is 2.85. The molecule has 0 aliphatic heterocycles. The Hall–Kier alpha value is -1.81. The lowest BCUT2D eigenvalue weighted by Crippen LogP contribution is -2.00. The van der Waals surface area contributed by atoms with Crippen LogP contribution >= 0.6 is 15.9 Å². The highest BCUT2D eigenvalue weighted by Crippen LogP contribution is 2.20. The van der Waals surface area contributed by atoms with Gasteiger partial charge in [-0.1, -0.05) is 34.1 Å². The molecule has 3 rings (SSSR count). The number of halogens is 1. The Morgan fingerprint density at radius 3 is 2.68 bits per heavy atom. The summed E-state index contributed by atoms with van der Waals surface area (Å²) in [7, 11) is 1.68. The first-order valence-corrected chi connectivity index (χ1v) is 6.81. The van der Waals surface area contributed by atoms with Gasteiger partial charge in [0.25, 0.3) is 0 Å². The Labute approximate surface area is 120 Å². The van der Waals surface area contributed by atoms with E-state index in [1.165, 1.54) is 5.56 Å². The van der Waals surface area contributed by atoms with Gasteiger partial charge in [0.2, 0.25) is 0 Å². The Morgan fingerprint density at radius 2 is 1.95 bits per heavy atom. The molecule has 4 heteroatoms. The van der Waals surface area contributed by atoms with Gasteiger partial charge in [-0.05, 0) is 29.8 Å². The Morgan fingerprint density at radius 1 is 1.16 bits per heavy atom. The van der Waals surface area contributed by atoms with E-state index in [-0.39, 0.29) is 0 Å². The van der Waals surface area contributed by atoms with E-state index in [1.54, 1.807) is 7.11 Å². The molecule has 0 fully saturated rings. The molecule has 0 aliphatic rings. The van der Waals surface area contributed by atoms with Crippen LogP contribution in [0.2, 0.25) is 0 Å². The molecule has 0 saturated heterocycles. The minimum Gasteiger partial charge on any atom is -0.482 e. The second kappa shape index (κ2) is 5.05. The monoisotopic (exact) mass is 316 g/mol. The Bertz CT molecular complexity index is 704. The molecule has 0 N–H and O–H groups in total. The highest BCUT2D eigenvalue weighted by atomic mass is 79.9. The number of rotatable bonds is 3. The molecule has 0 aliphatic carbocycles. The van der Waals surface area contributed by atoms with Crippen LogP contribution in [0, 0.1) is 0 Å². The normalized spacial score (nSPS) is 10.8. The predicted molar refractivity (Wildman–Crippen MR) is 78.7 cm³/mol. The van der Waals surface area contributed by atoms with E-state index >= 15 is 0 Å². The third kappa shape index (κ3) is 2.36. The van der Waals surface area contributed by atoms with Gasteiger partial charge in [-0.25, -0.2) is 4.98 Å². The van der Waals surface area contributed by atoms with Crippen molar-refractivity contribution < 1.29 is 4.74 Å². The van der Waals surface area contributed by atoms with E-state index in [0.717, 1.165) is 28.1 Å². The quantitative estimate of drug-likeness (QED) is 0.736. The topological polar surface area (TPSA) is 26.5 Å². The zero-order valence-corrected chi connectivity index (χ0v) is 12.1. The van der Waals surface area contributed by atoms with Crippen LogP contribution in [0.4, 0.5) is 0 Å². The molecule has 3 nitrogen and oxygen atoms in total. The van der Waals surface area contributed by atoms with Crippen molar-refractivity contribution in [2.75, 3.05) is 7.11 Å². The van der Waals surface area contributed by atoms with Gasteiger partial charge < -0.3 is 4.74 Å². The summed E-state index contributed by atoms with van der Waals surface area (Å²) in [5.41, 5.74) is 2.27. The highest BCUT2D eigenvalue weighted by Gasteiger charge is 2.08. The van der Waals surface area contributed by atoms with Crippen LogP contribution in [0.3, 0.4) is 0 Å². The molecular weight excluding hydrogens is 304 g/mol. The second-order valence-electron chi connectivity index (χ2n) is 4.31. The van der Waals surface area contributed by atoms with Crippen molar-refractivity contribution in [1.29, 1.82) is 0 Å². The van der Waals surface area contributed by atoms with Crippen molar-refractivity contribution in [3.05, 3.63) is 64.5 Å². The zero-order chi connectivity index (χ0) is 13.2. The number of nitrogens with zero attached hydrogens (tertiary/aromatic N) is 2. The summed E-state index contributed by atoms with van der Waals surface area (Å²) in [5.74, 6) is 1.79. The van der Waals surface area contributed by atoms with Gasteiger partial charge in [0.15, 0.2) is 5.88 Å². The maximum absolute atomic E-state index is 5.40. The van der Waals surface area contributed by atoms with E-state index in [1.807, 2.05) is 40.9 Å². The second-order valence-corrected chi connectivity index (χ2v) is 5.22. The smallest absolute Gasteiger partial charge is 0.199 e. The summed E-state index contributed by atoms with van der Waals surface area (Å²) in [6, 6.07) is 14.2. The molecule has 0 radical (unpaired) electrons. The summed E-state index contributed by atoms with van der Waals surface area (Å²) in [6.45, 7) is 0. The number of ether oxygens (including phenoxy) is 1. The van der Waals surface area contributed by atoms with Gasteiger partial charge in [-0.2, -0.15) is 0 Å². The van der Waals surface area contributed by atoms with Gasteiger partial charge >= 0.3 is 0 Å². The van der Waals surface area contributed by atoms with Crippen molar-refractivity contribution >= 4 is 21.4 Å². The van der Waals surface area contributed by atoms with E-state index in [4.69, 9.17) is 4.74 Å². The lowest BCUT2D eigenvalue weighted by molar-refractivity contribution is 0.390. The van der Waals surface area contributed by atoms with Gasteiger partial charge in [-0.15, -0.1) is 0 Å². The van der Waals surface area contributed by atoms with E-state index < -0.39 is 0 Å². The first-order valence-electron chi connectivity index (χ1n) is 6.02. The molecule has 2 heterocycles. The van der Waals surface area contributed by atoms with Crippen LogP contribution in [-0.4, -0.2) is 16.5 Å². The molecule has 2 aromatic heterocycles. The van der Waals surface area contributed by atoms with E-state index in [2.05, 4.69) is 33.0 Å². The molecule has 96 valence electrons. The van der Waals surface area contributed by atoms with Crippen LogP contribution in [0.15, 0.2) is 53.1 Å². The molecule has 0 amide bonds. The number of benzene rings is 1. The lowest BCUT2D eigenvalue weighted by Gasteiger charge is -2.07. The van der Waals surface area contributed by atoms with Gasteiger partial charge in [-0.3, -0.25) is 4.40 Å². The fourth-order valence-corrected chi connectivity index (χ4v) is 2.41. The maximum Gasteiger partial charge on any atom is 0.199 e. The van der Waals surface area contributed by atoms with Crippen LogP contribution in [0.5, 0.6) is 5.88 Å². The van der Waals surface area contributed by atoms with Crippen molar-refractivity contribution in [3.63, 3.8) is 0 Å². The number of hydrogen-bond acceptors (Lipinski definition) is 2. The first-order chi connectivity index (χ1) is 9.28. The molecule has 0 atom stereocenters. The van der Waals surface area contributed by atoms with E-state index in [0.29, 0.717) is 0 Å². The third-order valence-electron chi connectivity index (χ3n) is 3.07. The molecule has 19 heavy (non-hydrogen) atoms. The number of imidazole rings is 1. The molecular formula is C15H13BrN2O. The molecule has 3 aromatic rings. The van der Waals surface area contributed by atoms with Crippen LogP contribution in [-0.2, 0) is 6.42 Å². The highest BCUT2D eigenvalue weighted by molar-refractivity contribution is 9.10. The summed E-state index contributed by atoms with van der Waals surface area (Å²) < 4.78 is 8.53. The molecule has 0 unspecified atom stereocenters. The number of hydrogen-bond donors (Lipinski definition) is 0. The molecule has 0 spiro atoms. The SMILES string of the molecule is COc1cccc2cnc(Cc3ccc(Br)cc3)n12. The van der Waals surface area contributed by atoms with Crippen molar-refractivity contribution in [2.24, 2.45) is 0 Å². The average molecular weight is 317 g/mol. The Balaban J connectivity index is 2.03.